The topological polar surface area (TPSA) is 0 Å². The lowest BCUT2D eigenvalue weighted by molar-refractivity contribution is 1.10. The van der Waals surface area contributed by atoms with Crippen LogP contribution in [0.5, 0.6) is 0 Å². The fourth-order valence-corrected chi connectivity index (χ4v) is 3.04. The predicted molar refractivity (Wildman–Crippen MR) is 84.8 cm³/mol. The van der Waals surface area contributed by atoms with E-state index in [9.17, 15) is 0 Å². The van der Waals surface area contributed by atoms with E-state index < -0.39 is 0 Å². The number of benzene rings is 2. The second-order valence-electron chi connectivity index (χ2n) is 4.88. The first-order valence-corrected chi connectivity index (χ1v) is 7.25. The van der Waals surface area contributed by atoms with Gasteiger partial charge in [-0.05, 0) is 66.8 Å². The van der Waals surface area contributed by atoms with Crippen LogP contribution in [-0.4, -0.2) is 0 Å². The minimum atomic E-state index is -0.214. The first-order valence-electron chi connectivity index (χ1n) is 6.06. The quantitative estimate of drug-likeness (QED) is 0.575. The maximum absolute atomic E-state index is 6.60. The summed E-state index contributed by atoms with van der Waals surface area (Å²) in [6.07, 6.45) is 0. The van der Waals surface area contributed by atoms with Crippen LogP contribution in [0, 0.1) is 20.8 Å². The Morgan fingerprint density at radius 1 is 0.842 bits per heavy atom. The maximum Gasteiger partial charge on any atom is 0.0838 e. The molecule has 0 radical (unpaired) electrons. The summed E-state index contributed by atoms with van der Waals surface area (Å²) in [5.41, 5.74) is 5.32. The smallest absolute Gasteiger partial charge is 0.0838 e. The van der Waals surface area contributed by atoms with Gasteiger partial charge in [0.15, 0.2) is 0 Å². The Morgan fingerprint density at radius 2 is 1.53 bits per heavy atom. The summed E-state index contributed by atoms with van der Waals surface area (Å²) in [7, 11) is 0. The van der Waals surface area contributed by atoms with Crippen molar-refractivity contribution >= 4 is 34.8 Å². The predicted octanol–water partition coefficient (Wildman–Crippen LogP) is 6.25. The molecule has 0 nitrogen and oxygen atoms in total. The zero-order valence-electron chi connectivity index (χ0n) is 11.1. The molecule has 100 valence electrons. The largest absolute Gasteiger partial charge is 0.113 e. The molecule has 0 saturated carbocycles. The lowest BCUT2D eigenvalue weighted by atomic mass is 9.97. The van der Waals surface area contributed by atoms with Gasteiger partial charge in [0.25, 0.3) is 0 Å². The van der Waals surface area contributed by atoms with E-state index in [0.29, 0.717) is 5.02 Å². The van der Waals surface area contributed by atoms with E-state index in [0.717, 1.165) is 32.8 Å². The van der Waals surface area contributed by atoms with Crippen molar-refractivity contribution in [1.29, 1.82) is 0 Å². The van der Waals surface area contributed by atoms with Crippen molar-refractivity contribution < 1.29 is 0 Å². The summed E-state index contributed by atoms with van der Waals surface area (Å²) in [4.78, 5) is 0. The van der Waals surface area contributed by atoms with Gasteiger partial charge in [0.2, 0.25) is 0 Å². The first-order chi connectivity index (χ1) is 8.88. The van der Waals surface area contributed by atoms with Crippen LogP contribution in [0.3, 0.4) is 0 Å². The third-order valence-corrected chi connectivity index (χ3v) is 4.29. The molecule has 0 saturated heterocycles. The number of hydrogen-bond acceptors (Lipinski definition) is 0. The maximum atomic E-state index is 6.60. The summed E-state index contributed by atoms with van der Waals surface area (Å²) in [5, 5.41) is 1.27. The van der Waals surface area contributed by atoms with Crippen LogP contribution in [0.4, 0.5) is 0 Å². The third kappa shape index (κ3) is 3.25. The van der Waals surface area contributed by atoms with E-state index in [-0.39, 0.29) is 5.38 Å². The number of hydrogen-bond donors (Lipinski definition) is 0. The van der Waals surface area contributed by atoms with Gasteiger partial charge in [0.1, 0.15) is 0 Å². The molecule has 0 bridgehead atoms. The molecule has 0 heterocycles. The van der Waals surface area contributed by atoms with E-state index in [2.05, 4.69) is 6.07 Å². The highest BCUT2D eigenvalue weighted by molar-refractivity contribution is 6.31. The van der Waals surface area contributed by atoms with E-state index in [1.165, 1.54) is 0 Å². The van der Waals surface area contributed by atoms with E-state index >= 15 is 0 Å². The zero-order chi connectivity index (χ0) is 14.2. The van der Waals surface area contributed by atoms with Crippen LogP contribution in [0.2, 0.25) is 10.0 Å². The molecule has 0 fully saturated rings. The summed E-state index contributed by atoms with van der Waals surface area (Å²) in [6, 6.07) is 9.90. The summed E-state index contributed by atoms with van der Waals surface area (Å²) in [6.45, 7) is 6.02. The molecular weight excluding hydrogens is 299 g/mol. The molecule has 0 aliphatic rings. The van der Waals surface area contributed by atoms with E-state index in [4.69, 9.17) is 34.8 Å². The fraction of sp³-hybridized carbons (Fsp3) is 0.250. The zero-order valence-corrected chi connectivity index (χ0v) is 13.4. The van der Waals surface area contributed by atoms with Crippen LogP contribution in [0.25, 0.3) is 0 Å². The van der Waals surface area contributed by atoms with Crippen molar-refractivity contribution in [2.75, 3.05) is 0 Å². The van der Waals surface area contributed by atoms with E-state index in [1.54, 1.807) is 0 Å². The molecule has 0 spiro atoms. The minimum Gasteiger partial charge on any atom is -0.113 e. The standard InChI is InChI=1S/C16H15Cl3/c1-9-4-12(8-13(17)5-9)16(19)14-6-11(3)15(18)7-10(14)2/h4-8,16H,1-3H3. The Balaban J connectivity index is 2.49. The number of aryl methyl sites for hydroxylation is 3. The lowest BCUT2D eigenvalue weighted by Crippen LogP contribution is -1.98. The second-order valence-corrected chi connectivity index (χ2v) is 6.16. The Kier molecular flexibility index (Phi) is 4.45. The van der Waals surface area contributed by atoms with Crippen LogP contribution in [0.15, 0.2) is 30.3 Å². The molecule has 2 rings (SSSR count). The third-order valence-electron chi connectivity index (χ3n) is 3.18. The molecule has 0 aliphatic carbocycles. The average Bonchev–Trinajstić information content (AvgIpc) is 2.31. The van der Waals surface area contributed by atoms with Crippen molar-refractivity contribution in [2.45, 2.75) is 26.1 Å². The lowest BCUT2D eigenvalue weighted by Gasteiger charge is -2.16. The molecule has 2 aromatic rings. The van der Waals surface area contributed by atoms with Crippen molar-refractivity contribution in [3.05, 3.63) is 68.2 Å². The Hall–Kier alpha value is -0.690. The van der Waals surface area contributed by atoms with Gasteiger partial charge in [-0.15, -0.1) is 11.6 Å². The first kappa shape index (κ1) is 14.7. The number of alkyl halides is 1. The molecule has 1 atom stereocenters. The Labute approximate surface area is 129 Å². The van der Waals surface area contributed by atoms with Gasteiger partial charge in [-0.1, -0.05) is 35.3 Å². The van der Waals surface area contributed by atoms with Crippen LogP contribution < -0.4 is 0 Å². The SMILES string of the molecule is Cc1cc(Cl)cc(C(Cl)c2cc(C)c(Cl)cc2C)c1. The molecule has 2 aromatic carbocycles. The molecular formula is C16H15Cl3. The van der Waals surface area contributed by atoms with Gasteiger partial charge in [0.05, 0.1) is 5.38 Å². The van der Waals surface area contributed by atoms with Gasteiger partial charge in [-0.2, -0.15) is 0 Å². The van der Waals surface area contributed by atoms with Gasteiger partial charge in [0, 0.05) is 10.0 Å². The van der Waals surface area contributed by atoms with Crippen LogP contribution in [-0.2, 0) is 0 Å². The van der Waals surface area contributed by atoms with Crippen molar-refractivity contribution in [1.82, 2.24) is 0 Å². The number of halogens is 3. The highest BCUT2D eigenvalue weighted by atomic mass is 35.5. The van der Waals surface area contributed by atoms with Gasteiger partial charge >= 0.3 is 0 Å². The molecule has 0 N–H and O–H groups in total. The average molecular weight is 314 g/mol. The van der Waals surface area contributed by atoms with Crippen molar-refractivity contribution in [2.24, 2.45) is 0 Å². The van der Waals surface area contributed by atoms with E-state index in [1.807, 2.05) is 45.0 Å². The van der Waals surface area contributed by atoms with Crippen molar-refractivity contribution in [3.63, 3.8) is 0 Å². The molecule has 0 aliphatic heterocycles. The minimum absolute atomic E-state index is 0.214. The molecule has 0 aromatic heterocycles. The second kappa shape index (κ2) is 5.75. The summed E-state index contributed by atoms with van der Waals surface area (Å²) < 4.78 is 0. The highest BCUT2D eigenvalue weighted by Crippen LogP contribution is 2.35. The molecule has 3 heteroatoms. The number of rotatable bonds is 2. The molecule has 19 heavy (non-hydrogen) atoms. The summed E-state index contributed by atoms with van der Waals surface area (Å²) >= 11 is 18.8. The molecule has 1 unspecified atom stereocenters. The normalized spacial score (nSPS) is 12.5. The summed E-state index contributed by atoms with van der Waals surface area (Å²) in [5.74, 6) is 0. The van der Waals surface area contributed by atoms with Crippen LogP contribution in [0.1, 0.15) is 33.2 Å². The fourth-order valence-electron chi connectivity index (χ4n) is 2.17. The molecule has 0 amide bonds. The van der Waals surface area contributed by atoms with Gasteiger partial charge in [-0.25, -0.2) is 0 Å². The monoisotopic (exact) mass is 312 g/mol. The van der Waals surface area contributed by atoms with Gasteiger partial charge < -0.3 is 0 Å². The van der Waals surface area contributed by atoms with Gasteiger partial charge in [-0.3, -0.25) is 0 Å². The van der Waals surface area contributed by atoms with Crippen LogP contribution >= 0.6 is 34.8 Å². The highest BCUT2D eigenvalue weighted by Gasteiger charge is 2.15. The Morgan fingerprint density at radius 3 is 2.16 bits per heavy atom. The van der Waals surface area contributed by atoms with Crippen molar-refractivity contribution in [3.8, 4) is 0 Å². The Bertz CT molecular complexity index is 597.